The van der Waals surface area contributed by atoms with Gasteiger partial charge in [0.15, 0.2) is 11.5 Å². The Bertz CT molecular complexity index is 706. The van der Waals surface area contributed by atoms with Gasteiger partial charge in [-0.25, -0.2) is 5.43 Å². The largest absolute Gasteiger partial charge is 0.490 e. The van der Waals surface area contributed by atoms with Gasteiger partial charge in [0.2, 0.25) is 0 Å². The highest BCUT2D eigenvalue weighted by Crippen LogP contribution is 2.31. The van der Waals surface area contributed by atoms with Crippen LogP contribution in [0.1, 0.15) is 22.8 Å². The molecule has 0 heterocycles. The monoisotopic (exact) mass is 334 g/mol. The Morgan fingerprint density at radius 3 is 2.62 bits per heavy atom. The predicted octanol–water partition coefficient (Wildman–Crippen LogP) is 3.45. The van der Waals surface area contributed by atoms with E-state index in [1.165, 1.54) is 18.3 Å². The molecule has 0 spiro atoms. The Labute approximate surface area is 137 Å². The van der Waals surface area contributed by atoms with Crippen LogP contribution in [0.15, 0.2) is 53.6 Å². The maximum Gasteiger partial charge on any atom is 0.387 e. The standard InChI is InChI=1S/C17H16F2N2O3/c1-2-23-14-10-6-9-13(15(14)24-17(18)19)11-20-21-16(22)12-7-4-3-5-8-12/h3-11,17H,2H2,1H3,(H,21,22)/b20-11-. The quantitative estimate of drug-likeness (QED) is 0.623. The molecule has 2 aromatic carbocycles. The first kappa shape index (κ1) is 17.4. The maximum atomic E-state index is 12.6. The molecule has 0 aliphatic heterocycles. The van der Waals surface area contributed by atoms with E-state index in [9.17, 15) is 13.6 Å². The van der Waals surface area contributed by atoms with Crippen LogP contribution in [0, 0.1) is 0 Å². The number of carbonyl (C=O) groups is 1. The van der Waals surface area contributed by atoms with Crippen molar-refractivity contribution >= 4 is 12.1 Å². The molecule has 2 aromatic rings. The van der Waals surface area contributed by atoms with E-state index in [0.717, 1.165) is 0 Å². The van der Waals surface area contributed by atoms with Gasteiger partial charge in [0, 0.05) is 11.1 Å². The summed E-state index contributed by atoms with van der Waals surface area (Å²) in [6, 6.07) is 13.1. The summed E-state index contributed by atoms with van der Waals surface area (Å²) in [4.78, 5) is 11.9. The first-order chi connectivity index (χ1) is 11.6. The van der Waals surface area contributed by atoms with Gasteiger partial charge < -0.3 is 9.47 Å². The van der Waals surface area contributed by atoms with Crippen molar-refractivity contribution < 1.29 is 23.0 Å². The normalized spacial score (nSPS) is 10.8. The highest BCUT2D eigenvalue weighted by molar-refractivity contribution is 5.95. The number of nitrogens with zero attached hydrogens (tertiary/aromatic N) is 1. The molecule has 1 amide bonds. The van der Waals surface area contributed by atoms with Gasteiger partial charge in [-0.2, -0.15) is 13.9 Å². The number of amides is 1. The molecule has 0 atom stereocenters. The maximum absolute atomic E-state index is 12.6. The minimum atomic E-state index is -3.00. The third kappa shape index (κ3) is 4.77. The van der Waals surface area contributed by atoms with Gasteiger partial charge in [-0.15, -0.1) is 0 Å². The van der Waals surface area contributed by atoms with E-state index in [1.54, 1.807) is 43.3 Å². The summed E-state index contributed by atoms with van der Waals surface area (Å²) in [6.45, 7) is -0.976. The van der Waals surface area contributed by atoms with Crippen LogP contribution in [-0.2, 0) is 0 Å². The third-order valence-corrected chi connectivity index (χ3v) is 2.92. The number of hydrogen-bond donors (Lipinski definition) is 1. The van der Waals surface area contributed by atoms with Gasteiger partial charge in [0.05, 0.1) is 12.8 Å². The Morgan fingerprint density at radius 2 is 1.96 bits per heavy atom. The number of para-hydroxylation sites is 1. The molecular weight excluding hydrogens is 318 g/mol. The minimum Gasteiger partial charge on any atom is -0.490 e. The molecule has 0 unspecified atom stereocenters. The molecule has 0 bridgehead atoms. The smallest absolute Gasteiger partial charge is 0.387 e. The first-order valence-electron chi connectivity index (χ1n) is 7.21. The van der Waals surface area contributed by atoms with Gasteiger partial charge in [0.25, 0.3) is 5.91 Å². The molecule has 5 nitrogen and oxygen atoms in total. The lowest BCUT2D eigenvalue weighted by molar-refractivity contribution is -0.0515. The lowest BCUT2D eigenvalue weighted by atomic mass is 10.2. The molecule has 7 heteroatoms. The molecule has 0 fully saturated rings. The van der Waals surface area contributed by atoms with Crippen molar-refractivity contribution in [2.75, 3.05) is 6.61 Å². The topological polar surface area (TPSA) is 59.9 Å². The number of halogens is 2. The number of rotatable bonds is 7. The fraction of sp³-hybridized carbons (Fsp3) is 0.176. The van der Waals surface area contributed by atoms with E-state index >= 15 is 0 Å². The molecule has 126 valence electrons. The fourth-order valence-corrected chi connectivity index (χ4v) is 1.93. The molecule has 1 N–H and O–H groups in total. The second-order valence-electron chi connectivity index (χ2n) is 4.55. The van der Waals surface area contributed by atoms with E-state index in [4.69, 9.17) is 4.74 Å². The molecule has 0 radical (unpaired) electrons. The average molecular weight is 334 g/mol. The van der Waals surface area contributed by atoms with Crippen LogP contribution >= 0.6 is 0 Å². The summed E-state index contributed by atoms with van der Waals surface area (Å²) < 4.78 is 35.0. The number of hydrogen-bond acceptors (Lipinski definition) is 4. The van der Waals surface area contributed by atoms with Crippen LogP contribution in [0.5, 0.6) is 11.5 Å². The SMILES string of the molecule is CCOc1cccc(/C=N\NC(=O)c2ccccc2)c1OC(F)F. The number of benzene rings is 2. The van der Waals surface area contributed by atoms with Crippen LogP contribution in [0.3, 0.4) is 0 Å². The number of hydrazone groups is 1. The molecule has 0 aromatic heterocycles. The minimum absolute atomic E-state index is 0.132. The van der Waals surface area contributed by atoms with Crippen LogP contribution in [0.25, 0.3) is 0 Å². The van der Waals surface area contributed by atoms with Crippen molar-refractivity contribution in [2.45, 2.75) is 13.5 Å². The van der Waals surface area contributed by atoms with Crippen LogP contribution in [0.2, 0.25) is 0 Å². The number of carbonyl (C=O) groups excluding carboxylic acids is 1. The Balaban J connectivity index is 2.16. The molecule has 24 heavy (non-hydrogen) atoms. The zero-order chi connectivity index (χ0) is 17.4. The number of ether oxygens (including phenoxy) is 2. The molecule has 0 aliphatic carbocycles. The van der Waals surface area contributed by atoms with E-state index in [0.29, 0.717) is 12.2 Å². The summed E-state index contributed by atoms with van der Waals surface area (Å²) in [6.07, 6.45) is 1.22. The van der Waals surface area contributed by atoms with Gasteiger partial charge in [-0.3, -0.25) is 4.79 Å². The molecular formula is C17H16F2N2O3. The summed E-state index contributed by atoms with van der Waals surface area (Å²) >= 11 is 0. The zero-order valence-corrected chi connectivity index (χ0v) is 12.9. The Morgan fingerprint density at radius 1 is 1.21 bits per heavy atom. The summed E-state index contributed by atoms with van der Waals surface area (Å²) in [5.74, 6) is -0.368. The summed E-state index contributed by atoms with van der Waals surface area (Å²) in [7, 11) is 0. The van der Waals surface area contributed by atoms with Crippen molar-refractivity contribution in [1.29, 1.82) is 0 Å². The highest BCUT2D eigenvalue weighted by atomic mass is 19.3. The molecule has 0 saturated heterocycles. The molecule has 0 aliphatic rings. The van der Waals surface area contributed by atoms with Gasteiger partial charge >= 0.3 is 6.61 Å². The Hall–Kier alpha value is -2.96. The van der Waals surface area contributed by atoms with Crippen molar-refractivity contribution in [3.05, 3.63) is 59.7 Å². The van der Waals surface area contributed by atoms with Crippen molar-refractivity contribution in [1.82, 2.24) is 5.43 Å². The summed E-state index contributed by atoms with van der Waals surface area (Å²) in [5.41, 5.74) is 3.02. The van der Waals surface area contributed by atoms with Crippen LogP contribution < -0.4 is 14.9 Å². The Kier molecular flexibility index (Phi) is 6.24. The third-order valence-electron chi connectivity index (χ3n) is 2.92. The summed E-state index contributed by atoms with van der Waals surface area (Å²) in [5, 5.41) is 3.78. The van der Waals surface area contributed by atoms with Crippen LogP contribution in [-0.4, -0.2) is 25.3 Å². The zero-order valence-electron chi connectivity index (χ0n) is 12.9. The van der Waals surface area contributed by atoms with E-state index < -0.39 is 12.5 Å². The van der Waals surface area contributed by atoms with Gasteiger partial charge in [-0.1, -0.05) is 24.3 Å². The van der Waals surface area contributed by atoms with Crippen LogP contribution in [0.4, 0.5) is 8.78 Å². The predicted molar refractivity (Wildman–Crippen MR) is 85.7 cm³/mol. The van der Waals surface area contributed by atoms with E-state index in [1.807, 2.05) is 0 Å². The number of nitrogens with one attached hydrogen (secondary N) is 1. The second kappa shape index (κ2) is 8.61. The van der Waals surface area contributed by atoms with E-state index in [2.05, 4.69) is 15.3 Å². The molecule has 2 rings (SSSR count). The van der Waals surface area contributed by atoms with Crippen molar-refractivity contribution in [2.24, 2.45) is 5.10 Å². The van der Waals surface area contributed by atoms with Crippen molar-refractivity contribution in [3.8, 4) is 11.5 Å². The molecule has 0 saturated carbocycles. The highest BCUT2D eigenvalue weighted by Gasteiger charge is 2.14. The van der Waals surface area contributed by atoms with Crippen molar-refractivity contribution in [3.63, 3.8) is 0 Å². The lowest BCUT2D eigenvalue weighted by Gasteiger charge is -2.13. The lowest BCUT2D eigenvalue weighted by Crippen LogP contribution is -2.17. The average Bonchev–Trinajstić information content (AvgIpc) is 2.58. The van der Waals surface area contributed by atoms with Gasteiger partial charge in [-0.05, 0) is 31.2 Å². The number of alkyl halides is 2. The second-order valence-corrected chi connectivity index (χ2v) is 4.55. The first-order valence-corrected chi connectivity index (χ1v) is 7.21. The van der Waals surface area contributed by atoms with E-state index in [-0.39, 0.29) is 17.1 Å². The fourth-order valence-electron chi connectivity index (χ4n) is 1.93. The van der Waals surface area contributed by atoms with Gasteiger partial charge in [0.1, 0.15) is 0 Å².